The molecule has 0 spiro atoms. The summed E-state index contributed by atoms with van der Waals surface area (Å²) < 4.78 is 5.27. The molecule has 2 aliphatic heterocycles. The number of rotatable bonds is 3. The number of hydrogen-bond donors (Lipinski definition) is 2. The number of amidine groups is 1. The number of nitrogens with one attached hydrogen (secondary N) is 1. The molecule has 2 atom stereocenters. The Bertz CT molecular complexity index is 658. The van der Waals surface area contributed by atoms with Crippen molar-refractivity contribution in [3.63, 3.8) is 0 Å². The quantitative estimate of drug-likeness (QED) is 0.799. The predicted octanol–water partition coefficient (Wildman–Crippen LogP) is 0.649. The van der Waals surface area contributed by atoms with Crippen LogP contribution in [0, 0.1) is 0 Å². The average Bonchev–Trinajstić information content (AvgIpc) is 2.89. The first-order chi connectivity index (χ1) is 11.1. The zero-order valence-electron chi connectivity index (χ0n) is 12.9. The second kappa shape index (κ2) is 6.37. The van der Waals surface area contributed by atoms with Crippen LogP contribution in [-0.4, -0.2) is 59.6 Å². The van der Waals surface area contributed by atoms with Crippen molar-refractivity contribution >= 4 is 23.4 Å². The van der Waals surface area contributed by atoms with E-state index in [9.17, 15) is 9.59 Å². The first kappa shape index (κ1) is 15.5. The molecule has 0 aliphatic carbocycles. The second-order valence-corrected chi connectivity index (χ2v) is 5.60. The van der Waals surface area contributed by atoms with Gasteiger partial charge >= 0.3 is 5.97 Å². The number of benzene rings is 1. The summed E-state index contributed by atoms with van der Waals surface area (Å²) in [6, 6.07) is 6.96. The standard InChI is InChI=1S/C16H19N3O4/c1-10(21)23-11-8-14-15(17-6-7-20)18-13-5-3-2-4-12(13)16(22)19(14)9-11/h2-5,11,14,20H,6-9H2,1H3,(H,17,18)/t11-,14+/m1/s1. The highest BCUT2D eigenvalue weighted by Gasteiger charge is 2.42. The smallest absolute Gasteiger partial charge is 0.302 e. The molecule has 1 aromatic carbocycles. The monoisotopic (exact) mass is 317 g/mol. The number of fused-ring (bicyclic) bond motifs is 2. The molecule has 1 aromatic rings. The molecule has 2 heterocycles. The van der Waals surface area contributed by atoms with Gasteiger partial charge in [-0.2, -0.15) is 0 Å². The van der Waals surface area contributed by atoms with E-state index >= 15 is 0 Å². The van der Waals surface area contributed by atoms with E-state index in [1.807, 2.05) is 18.2 Å². The number of anilines is 1. The number of aliphatic hydroxyl groups excluding tert-OH is 1. The van der Waals surface area contributed by atoms with Crippen LogP contribution in [0.25, 0.3) is 0 Å². The molecule has 1 amide bonds. The van der Waals surface area contributed by atoms with Gasteiger partial charge in [-0.15, -0.1) is 0 Å². The lowest BCUT2D eigenvalue weighted by Gasteiger charge is -2.22. The molecule has 3 rings (SSSR count). The van der Waals surface area contributed by atoms with E-state index in [4.69, 9.17) is 9.84 Å². The number of aliphatic hydroxyl groups is 1. The van der Waals surface area contributed by atoms with Crippen molar-refractivity contribution in [3.05, 3.63) is 29.8 Å². The molecule has 0 unspecified atom stereocenters. The van der Waals surface area contributed by atoms with Gasteiger partial charge in [0.05, 0.1) is 37.0 Å². The molecule has 0 saturated carbocycles. The molecule has 1 fully saturated rings. The zero-order chi connectivity index (χ0) is 16.4. The number of carbonyl (C=O) groups excluding carboxylic acids is 2. The van der Waals surface area contributed by atoms with Crippen LogP contribution in [0.2, 0.25) is 0 Å². The maximum atomic E-state index is 12.8. The van der Waals surface area contributed by atoms with Crippen LogP contribution in [-0.2, 0) is 9.53 Å². The van der Waals surface area contributed by atoms with E-state index in [0.717, 1.165) is 0 Å². The van der Waals surface area contributed by atoms with Crippen LogP contribution in [0.15, 0.2) is 29.3 Å². The van der Waals surface area contributed by atoms with Crippen molar-refractivity contribution < 1.29 is 19.4 Å². The van der Waals surface area contributed by atoms with Gasteiger partial charge in [0.25, 0.3) is 5.91 Å². The highest BCUT2D eigenvalue weighted by atomic mass is 16.5. The van der Waals surface area contributed by atoms with Gasteiger partial charge in [0, 0.05) is 13.3 Å². The summed E-state index contributed by atoms with van der Waals surface area (Å²) in [6.45, 7) is 1.89. The summed E-state index contributed by atoms with van der Waals surface area (Å²) in [6.07, 6.45) is 0.157. The molecular formula is C16H19N3O4. The zero-order valence-corrected chi connectivity index (χ0v) is 12.9. The van der Waals surface area contributed by atoms with Gasteiger partial charge in [-0.05, 0) is 12.1 Å². The Morgan fingerprint density at radius 1 is 1.48 bits per heavy atom. The fraction of sp³-hybridized carbons (Fsp3) is 0.438. The maximum Gasteiger partial charge on any atom is 0.302 e. The minimum absolute atomic E-state index is 0.0686. The van der Waals surface area contributed by atoms with Crippen LogP contribution < -0.4 is 5.32 Å². The Morgan fingerprint density at radius 3 is 3.00 bits per heavy atom. The molecule has 0 aromatic heterocycles. The van der Waals surface area contributed by atoms with Crippen LogP contribution >= 0.6 is 0 Å². The van der Waals surface area contributed by atoms with Crippen LogP contribution in [0.4, 0.5) is 5.69 Å². The van der Waals surface area contributed by atoms with E-state index in [2.05, 4.69) is 10.3 Å². The SMILES string of the molecule is CC(=O)O[C@@H]1C[C@H]2C(=NCCO)Nc3ccccc3C(=O)N2C1. The molecule has 1 saturated heterocycles. The van der Waals surface area contributed by atoms with Crippen molar-refractivity contribution in [2.75, 3.05) is 25.0 Å². The highest BCUT2D eigenvalue weighted by Crippen LogP contribution is 2.30. The van der Waals surface area contributed by atoms with Crippen LogP contribution in [0.5, 0.6) is 0 Å². The van der Waals surface area contributed by atoms with Gasteiger partial charge in [0.15, 0.2) is 0 Å². The van der Waals surface area contributed by atoms with Crippen molar-refractivity contribution in [3.8, 4) is 0 Å². The number of carbonyl (C=O) groups is 2. The number of nitrogens with zero attached hydrogens (tertiary/aromatic N) is 2. The third-order valence-electron chi connectivity index (χ3n) is 3.97. The number of hydrogen-bond acceptors (Lipinski definition) is 5. The molecular weight excluding hydrogens is 298 g/mol. The molecule has 0 bridgehead atoms. The topological polar surface area (TPSA) is 91.2 Å². The number of esters is 1. The summed E-state index contributed by atoms with van der Waals surface area (Å²) >= 11 is 0. The summed E-state index contributed by atoms with van der Waals surface area (Å²) in [7, 11) is 0. The van der Waals surface area contributed by atoms with Gasteiger partial charge < -0.3 is 20.1 Å². The Labute approximate surface area is 134 Å². The van der Waals surface area contributed by atoms with E-state index in [0.29, 0.717) is 30.1 Å². The lowest BCUT2D eigenvalue weighted by Crippen LogP contribution is -2.40. The fourth-order valence-electron chi connectivity index (χ4n) is 3.07. The minimum Gasteiger partial charge on any atom is -0.461 e. The van der Waals surface area contributed by atoms with E-state index in [1.54, 1.807) is 11.0 Å². The van der Waals surface area contributed by atoms with Gasteiger partial charge in [-0.1, -0.05) is 12.1 Å². The first-order valence-corrected chi connectivity index (χ1v) is 7.59. The van der Waals surface area contributed by atoms with Crippen LogP contribution in [0.3, 0.4) is 0 Å². The molecule has 122 valence electrons. The number of aliphatic imine (C=N–C) groups is 1. The fourth-order valence-corrected chi connectivity index (χ4v) is 3.07. The Morgan fingerprint density at radius 2 is 2.26 bits per heavy atom. The van der Waals surface area contributed by atoms with E-state index in [1.165, 1.54) is 6.92 Å². The number of amides is 1. The Hall–Kier alpha value is -2.41. The van der Waals surface area contributed by atoms with Gasteiger partial charge in [0.1, 0.15) is 11.9 Å². The molecule has 7 heteroatoms. The van der Waals surface area contributed by atoms with Gasteiger partial charge in [-0.25, -0.2) is 0 Å². The molecule has 2 aliphatic rings. The van der Waals surface area contributed by atoms with Gasteiger partial charge in [-0.3, -0.25) is 14.6 Å². The number of ether oxygens (including phenoxy) is 1. The summed E-state index contributed by atoms with van der Waals surface area (Å²) in [5, 5.41) is 12.2. The maximum absolute atomic E-state index is 12.8. The predicted molar refractivity (Wildman–Crippen MR) is 84.4 cm³/mol. The lowest BCUT2D eigenvalue weighted by molar-refractivity contribution is -0.145. The largest absolute Gasteiger partial charge is 0.461 e. The number of para-hydroxylation sites is 1. The Kier molecular flexibility index (Phi) is 4.29. The second-order valence-electron chi connectivity index (χ2n) is 5.60. The van der Waals surface area contributed by atoms with Crippen molar-refractivity contribution in [2.24, 2.45) is 4.99 Å². The molecule has 7 nitrogen and oxygen atoms in total. The summed E-state index contributed by atoms with van der Waals surface area (Å²) in [5.74, 6) is 0.149. The highest BCUT2D eigenvalue weighted by molar-refractivity contribution is 6.12. The van der Waals surface area contributed by atoms with Crippen molar-refractivity contribution in [1.29, 1.82) is 0 Å². The summed E-state index contributed by atoms with van der Waals surface area (Å²) in [5.41, 5.74) is 1.27. The molecule has 23 heavy (non-hydrogen) atoms. The lowest BCUT2D eigenvalue weighted by atomic mass is 10.1. The van der Waals surface area contributed by atoms with Crippen molar-refractivity contribution in [1.82, 2.24) is 4.90 Å². The van der Waals surface area contributed by atoms with Gasteiger partial charge in [0.2, 0.25) is 0 Å². The normalized spacial score (nSPS) is 24.7. The average molecular weight is 317 g/mol. The Balaban J connectivity index is 1.96. The minimum atomic E-state index is -0.359. The van der Waals surface area contributed by atoms with E-state index in [-0.39, 0.29) is 37.2 Å². The molecule has 0 radical (unpaired) electrons. The van der Waals surface area contributed by atoms with Crippen LogP contribution in [0.1, 0.15) is 23.7 Å². The molecule has 2 N–H and O–H groups in total. The third kappa shape index (κ3) is 3.05. The third-order valence-corrected chi connectivity index (χ3v) is 3.97. The van der Waals surface area contributed by atoms with E-state index < -0.39 is 0 Å². The van der Waals surface area contributed by atoms with Crippen molar-refractivity contribution in [2.45, 2.75) is 25.5 Å². The summed E-state index contributed by atoms with van der Waals surface area (Å²) in [4.78, 5) is 30.1. The first-order valence-electron chi connectivity index (χ1n) is 7.59.